The van der Waals surface area contributed by atoms with Crippen LogP contribution in [0.3, 0.4) is 0 Å². The number of aromatic nitrogens is 4. The van der Waals surface area contributed by atoms with Crippen LogP contribution in [-0.2, 0) is 6.42 Å². The maximum Gasteiger partial charge on any atom is 0.153 e. The van der Waals surface area contributed by atoms with Gasteiger partial charge in [-0.25, -0.2) is 4.68 Å². The Balaban J connectivity index is 1.88. The molecular formula is C14H12N4OS. The number of nitrogens with zero attached hydrogens (tertiary/aromatic N) is 3. The van der Waals surface area contributed by atoms with E-state index in [1.807, 2.05) is 36.5 Å². The van der Waals surface area contributed by atoms with E-state index in [0.29, 0.717) is 11.1 Å². The van der Waals surface area contributed by atoms with E-state index in [1.54, 1.807) is 16.9 Å². The van der Waals surface area contributed by atoms with Gasteiger partial charge in [0.15, 0.2) is 5.75 Å². The van der Waals surface area contributed by atoms with Crippen LogP contribution >= 0.6 is 12.2 Å². The van der Waals surface area contributed by atoms with E-state index in [-0.39, 0.29) is 5.75 Å². The molecule has 0 aliphatic rings. The summed E-state index contributed by atoms with van der Waals surface area (Å²) in [6, 6.07) is 11.5. The molecule has 0 spiro atoms. The number of para-hydroxylation sites is 1. The highest BCUT2D eigenvalue weighted by atomic mass is 32.1. The van der Waals surface area contributed by atoms with Gasteiger partial charge in [-0.05, 0) is 18.2 Å². The minimum absolute atomic E-state index is 0.0942. The lowest BCUT2D eigenvalue weighted by molar-refractivity contribution is 0.464. The largest absolute Gasteiger partial charge is 0.505 e. The first-order valence-corrected chi connectivity index (χ1v) is 6.51. The van der Waals surface area contributed by atoms with E-state index in [2.05, 4.69) is 15.3 Å². The second-order valence-corrected chi connectivity index (χ2v) is 4.76. The number of nitrogens with one attached hydrogen (secondary N) is 1. The molecule has 100 valence electrons. The van der Waals surface area contributed by atoms with Crippen LogP contribution in [0.5, 0.6) is 5.75 Å². The Morgan fingerprint density at radius 2 is 2.00 bits per heavy atom. The highest BCUT2D eigenvalue weighted by Gasteiger charge is 2.07. The Labute approximate surface area is 120 Å². The molecule has 0 radical (unpaired) electrons. The first kappa shape index (κ1) is 12.6. The molecule has 3 rings (SSSR count). The summed E-state index contributed by atoms with van der Waals surface area (Å²) in [5.74, 6) is 0.0942. The fourth-order valence-corrected chi connectivity index (χ4v) is 2.13. The van der Waals surface area contributed by atoms with E-state index in [9.17, 15) is 5.11 Å². The van der Waals surface area contributed by atoms with Crippen molar-refractivity contribution in [2.24, 2.45) is 0 Å². The zero-order valence-electron chi connectivity index (χ0n) is 10.5. The molecule has 5 nitrogen and oxygen atoms in total. The number of pyridine rings is 1. The number of aromatic amines is 1. The maximum absolute atomic E-state index is 9.89. The normalized spacial score (nSPS) is 10.6. The van der Waals surface area contributed by atoms with Crippen molar-refractivity contribution in [2.75, 3.05) is 0 Å². The lowest BCUT2D eigenvalue weighted by Crippen LogP contribution is -1.93. The predicted molar refractivity (Wildman–Crippen MR) is 77.5 cm³/mol. The molecule has 20 heavy (non-hydrogen) atoms. The number of hydrogen-bond donors (Lipinski definition) is 2. The Bertz CT molecular complexity index is 779. The molecule has 0 saturated carbocycles. The quantitative estimate of drug-likeness (QED) is 0.726. The second kappa shape index (κ2) is 5.26. The van der Waals surface area contributed by atoms with Gasteiger partial charge in [0.2, 0.25) is 0 Å². The first-order valence-electron chi connectivity index (χ1n) is 6.10. The van der Waals surface area contributed by atoms with E-state index in [0.717, 1.165) is 16.9 Å². The van der Waals surface area contributed by atoms with E-state index >= 15 is 0 Å². The topological polar surface area (TPSA) is 66.7 Å². The summed E-state index contributed by atoms with van der Waals surface area (Å²) in [7, 11) is 0. The zero-order valence-corrected chi connectivity index (χ0v) is 11.3. The molecule has 3 aromatic rings. The summed E-state index contributed by atoms with van der Waals surface area (Å²) >= 11 is 4.99. The first-order chi connectivity index (χ1) is 9.74. The molecule has 0 aliphatic carbocycles. The van der Waals surface area contributed by atoms with Gasteiger partial charge in [0.25, 0.3) is 0 Å². The van der Waals surface area contributed by atoms with Crippen LogP contribution in [0.15, 0.2) is 48.8 Å². The van der Waals surface area contributed by atoms with Crippen molar-refractivity contribution in [1.29, 1.82) is 0 Å². The minimum atomic E-state index is 0.0942. The Morgan fingerprint density at radius 1 is 1.20 bits per heavy atom. The Kier molecular flexibility index (Phi) is 3.30. The second-order valence-electron chi connectivity index (χ2n) is 4.35. The highest BCUT2D eigenvalue weighted by molar-refractivity contribution is 7.71. The lowest BCUT2D eigenvalue weighted by atomic mass is 10.1. The smallest absolute Gasteiger partial charge is 0.153 e. The minimum Gasteiger partial charge on any atom is -0.505 e. The third-order valence-electron chi connectivity index (χ3n) is 2.95. The Hall–Kier alpha value is -2.47. The van der Waals surface area contributed by atoms with Crippen molar-refractivity contribution < 1.29 is 5.11 Å². The third kappa shape index (κ3) is 2.46. The standard InChI is InChI=1S/C14H12N4OS/c19-13-10(6-7-15-14(13)20)8-11-9-18(17-16-11)12-4-2-1-3-5-12/h1-7,9,19H,8H2,(H,15,20). The van der Waals surface area contributed by atoms with Gasteiger partial charge in [-0.2, -0.15) is 0 Å². The zero-order chi connectivity index (χ0) is 13.9. The molecule has 2 aromatic heterocycles. The average molecular weight is 284 g/mol. The average Bonchev–Trinajstić information content (AvgIpc) is 2.93. The fourth-order valence-electron chi connectivity index (χ4n) is 1.94. The molecule has 0 unspecified atom stereocenters. The van der Waals surface area contributed by atoms with Crippen LogP contribution in [0.4, 0.5) is 0 Å². The van der Waals surface area contributed by atoms with E-state index in [1.165, 1.54) is 0 Å². The lowest BCUT2D eigenvalue weighted by Gasteiger charge is -2.01. The van der Waals surface area contributed by atoms with Gasteiger partial charge < -0.3 is 10.1 Å². The predicted octanol–water partition coefficient (Wildman–Crippen LogP) is 2.62. The maximum atomic E-state index is 9.89. The summed E-state index contributed by atoms with van der Waals surface area (Å²) in [6.45, 7) is 0. The van der Waals surface area contributed by atoms with Gasteiger partial charge in [0.1, 0.15) is 4.64 Å². The van der Waals surface area contributed by atoms with Crippen molar-refractivity contribution in [1.82, 2.24) is 20.0 Å². The van der Waals surface area contributed by atoms with Crippen molar-refractivity contribution >= 4 is 12.2 Å². The number of aromatic hydroxyl groups is 1. The summed E-state index contributed by atoms with van der Waals surface area (Å²) in [4.78, 5) is 2.78. The summed E-state index contributed by atoms with van der Waals surface area (Å²) in [5, 5.41) is 18.1. The van der Waals surface area contributed by atoms with Crippen molar-refractivity contribution in [3.8, 4) is 11.4 Å². The number of rotatable bonds is 3. The van der Waals surface area contributed by atoms with Crippen LogP contribution < -0.4 is 0 Å². The van der Waals surface area contributed by atoms with E-state index < -0.39 is 0 Å². The SMILES string of the molecule is Oc1c(Cc2cn(-c3ccccc3)nn2)cc[nH]c1=S. The van der Waals surface area contributed by atoms with Gasteiger partial charge >= 0.3 is 0 Å². The molecule has 0 fully saturated rings. The molecule has 2 N–H and O–H groups in total. The van der Waals surface area contributed by atoms with Crippen molar-refractivity contribution in [2.45, 2.75) is 6.42 Å². The molecule has 0 amide bonds. The molecule has 0 saturated heterocycles. The molecule has 0 atom stereocenters. The molecule has 6 heteroatoms. The summed E-state index contributed by atoms with van der Waals surface area (Å²) in [6.07, 6.45) is 4.03. The summed E-state index contributed by atoms with van der Waals surface area (Å²) in [5.41, 5.74) is 2.44. The Morgan fingerprint density at radius 3 is 2.80 bits per heavy atom. The molecule has 0 bridgehead atoms. The monoisotopic (exact) mass is 284 g/mol. The van der Waals surface area contributed by atoms with Crippen LogP contribution in [-0.4, -0.2) is 25.1 Å². The van der Waals surface area contributed by atoms with Crippen LogP contribution in [0.1, 0.15) is 11.3 Å². The number of benzene rings is 1. The fraction of sp³-hybridized carbons (Fsp3) is 0.0714. The van der Waals surface area contributed by atoms with Crippen molar-refractivity contribution in [3.05, 3.63) is 64.7 Å². The number of H-pyrrole nitrogens is 1. The van der Waals surface area contributed by atoms with Gasteiger partial charge in [0.05, 0.1) is 17.6 Å². The van der Waals surface area contributed by atoms with Crippen LogP contribution in [0, 0.1) is 4.64 Å². The molecular weight excluding hydrogens is 272 g/mol. The molecule has 2 heterocycles. The summed E-state index contributed by atoms with van der Waals surface area (Å²) < 4.78 is 2.04. The van der Waals surface area contributed by atoms with Crippen LogP contribution in [0.25, 0.3) is 5.69 Å². The third-order valence-corrected chi connectivity index (χ3v) is 3.26. The molecule has 0 aliphatic heterocycles. The van der Waals surface area contributed by atoms with Gasteiger partial charge in [-0.1, -0.05) is 35.6 Å². The van der Waals surface area contributed by atoms with Crippen LogP contribution in [0.2, 0.25) is 0 Å². The van der Waals surface area contributed by atoms with Crippen molar-refractivity contribution in [3.63, 3.8) is 0 Å². The number of hydrogen-bond acceptors (Lipinski definition) is 4. The van der Waals surface area contributed by atoms with E-state index in [4.69, 9.17) is 12.2 Å². The van der Waals surface area contributed by atoms with Gasteiger partial charge in [0, 0.05) is 18.2 Å². The highest BCUT2D eigenvalue weighted by Crippen LogP contribution is 2.19. The van der Waals surface area contributed by atoms with Gasteiger partial charge in [-0.15, -0.1) is 5.10 Å². The van der Waals surface area contributed by atoms with Gasteiger partial charge in [-0.3, -0.25) is 0 Å². The molecule has 1 aromatic carbocycles.